The number of carbonyl (C=O) groups is 1. The van der Waals surface area contributed by atoms with Crippen LogP contribution in [0, 0.1) is 0 Å². The molecule has 0 bridgehead atoms. The zero-order chi connectivity index (χ0) is 21.1. The lowest BCUT2D eigenvalue weighted by atomic mass is 9.92. The summed E-state index contributed by atoms with van der Waals surface area (Å²) in [6.45, 7) is 0.539. The number of rotatable bonds is 12. The fourth-order valence-electron chi connectivity index (χ4n) is 3.24. The van der Waals surface area contributed by atoms with Crippen molar-refractivity contribution < 1.29 is 38.0 Å². The van der Waals surface area contributed by atoms with Crippen molar-refractivity contribution >= 4 is 5.97 Å². The summed E-state index contributed by atoms with van der Waals surface area (Å²) >= 11 is 0. The maximum atomic E-state index is 11.9. The maximum absolute atomic E-state index is 11.9. The van der Waals surface area contributed by atoms with E-state index in [1.54, 1.807) is 0 Å². The fraction of sp³-hybridized carbons (Fsp3) is 0.650. The first kappa shape index (κ1) is 23.7. The lowest BCUT2D eigenvalue weighted by Crippen LogP contribution is -2.62. The van der Waals surface area contributed by atoms with Crippen molar-refractivity contribution in [3.63, 3.8) is 0 Å². The predicted molar refractivity (Wildman–Crippen MR) is 103 cm³/mol. The first-order valence-electron chi connectivity index (χ1n) is 9.43. The minimum absolute atomic E-state index is 0.00118. The van der Waals surface area contributed by atoms with Crippen LogP contribution in [0.2, 0.25) is 0 Å². The first-order valence-corrected chi connectivity index (χ1v) is 9.43. The lowest BCUT2D eigenvalue weighted by molar-refractivity contribution is -0.281. The molecule has 1 fully saturated rings. The smallest absolute Gasteiger partial charge is 0.308 e. The molecular weight excluding hydrogens is 382 g/mol. The van der Waals surface area contributed by atoms with E-state index in [1.807, 2.05) is 30.3 Å². The number of hydrogen-bond acceptors (Lipinski definition) is 9. The van der Waals surface area contributed by atoms with Gasteiger partial charge in [-0.05, 0) is 5.56 Å². The summed E-state index contributed by atoms with van der Waals surface area (Å²) < 4.78 is 38.9. The Bertz CT molecular complexity index is 587. The Morgan fingerprint density at radius 2 is 1.55 bits per heavy atom. The Morgan fingerprint density at radius 1 is 0.931 bits per heavy atom. The van der Waals surface area contributed by atoms with Crippen LogP contribution < -0.4 is 5.73 Å². The van der Waals surface area contributed by atoms with E-state index in [1.165, 1.54) is 21.3 Å². The van der Waals surface area contributed by atoms with E-state index in [-0.39, 0.29) is 26.6 Å². The minimum atomic E-state index is -0.637. The summed E-state index contributed by atoms with van der Waals surface area (Å²) in [5.74, 6) is -0.421. The van der Waals surface area contributed by atoms with Crippen molar-refractivity contribution in [2.24, 2.45) is 5.73 Å². The van der Waals surface area contributed by atoms with Gasteiger partial charge < -0.3 is 38.9 Å². The SMILES string of the molecule is COCO[C@@H]1[C@@H](OCc2ccccc2)[C@H](OCOC)[C@@H](CN)O[C@@H]1CC(=O)OC. The van der Waals surface area contributed by atoms with Gasteiger partial charge in [0.25, 0.3) is 0 Å². The highest BCUT2D eigenvalue weighted by atomic mass is 16.7. The Labute approximate surface area is 171 Å². The van der Waals surface area contributed by atoms with Gasteiger partial charge >= 0.3 is 5.97 Å². The Hall–Kier alpha value is -1.59. The Morgan fingerprint density at radius 3 is 2.10 bits per heavy atom. The van der Waals surface area contributed by atoms with Crippen LogP contribution in [0.25, 0.3) is 0 Å². The molecule has 0 unspecified atom stereocenters. The molecule has 9 nitrogen and oxygen atoms in total. The zero-order valence-electron chi connectivity index (χ0n) is 17.2. The molecule has 29 heavy (non-hydrogen) atoms. The summed E-state index contributed by atoms with van der Waals surface area (Å²) in [6, 6.07) is 9.72. The van der Waals surface area contributed by atoms with Gasteiger partial charge in [0, 0.05) is 20.8 Å². The summed E-state index contributed by atoms with van der Waals surface area (Å²) in [5.41, 5.74) is 6.91. The van der Waals surface area contributed by atoms with Crippen molar-refractivity contribution in [3.8, 4) is 0 Å². The summed E-state index contributed by atoms with van der Waals surface area (Å²) in [5, 5.41) is 0. The van der Waals surface area contributed by atoms with Gasteiger partial charge in [-0.15, -0.1) is 0 Å². The third-order valence-corrected chi connectivity index (χ3v) is 4.60. The Kier molecular flexibility index (Phi) is 10.5. The van der Waals surface area contributed by atoms with E-state index in [0.29, 0.717) is 6.61 Å². The molecule has 1 heterocycles. The number of nitrogens with two attached hydrogens (primary N) is 1. The largest absolute Gasteiger partial charge is 0.469 e. The maximum Gasteiger partial charge on any atom is 0.308 e. The van der Waals surface area contributed by atoms with E-state index >= 15 is 0 Å². The van der Waals surface area contributed by atoms with Gasteiger partial charge in [0.15, 0.2) is 0 Å². The van der Waals surface area contributed by atoms with Crippen LogP contribution in [0.3, 0.4) is 0 Å². The highest BCUT2D eigenvalue weighted by molar-refractivity contribution is 5.69. The number of ether oxygens (including phenoxy) is 7. The van der Waals surface area contributed by atoms with Crippen LogP contribution in [-0.2, 0) is 44.6 Å². The molecule has 0 spiro atoms. The van der Waals surface area contributed by atoms with Crippen LogP contribution in [0.5, 0.6) is 0 Å². The molecule has 9 heteroatoms. The zero-order valence-corrected chi connectivity index (χ0v) is 17.2. The number of hydrogen-bond donors (Lipinski definition) is 1. The molecule has 1 aliphatic rings. The molecule has 2 rings (SSSR count). The summed E-state index contributed by atoms with van der Waals surface area (Å²) in [6.07, 6.45) is -2.92. The van der Waals surface area contributed by atoms with Crippen molar-refractivity contribution in [1.82, 2.24) is 0 Å². The van der Waals surface area contributed by atoms with Gasteiger partial charge in [-0.3, -0.25) is 4.79 Å². The average Bonchev–Trinajstić information content (AvgIpc) is 2.76. The number of esters is 1. The molecular formula is C20H31NO8. The van der Waals surface area contributed by atoms with Crippen LogP contribution in [0.1, 0.15) is 12.0 Å². The third-order valence-electron chi connectivity index (χ3n) is 4.60. The molecule has 2 N–H and O–H groups in total. The molecule has 1 saturated heterocycles. The van der Waals surface area contributed by atoms with Crippen molar-refractivity contribution in [3.05, 3.63) is 35.9 Å². The minimum Gasteiger partial charge on any atom is -0.469 e. The van der Waals surface area contributed by atoms with Gasteiger partial charge in [-0.1, -0.05) is 30.3 Å². The van der Waals surface area contributed by atoms with Gasteiger partial charge in [0.2, 0.25) is 0 Å². The predicted octanol–water partition coefficient (Wildman–Crippen LogP) is 0.839. The average molecular weight is 413 g/mol. The summed E-state index contributed by atoms with van der Waals surface area (Å²) in [7, 11) is 4.37. The molecule has 5 atom stereocenters. The molecule has 1 aromatic rings. The first-order chi connectivity index (χ1) is 14.1. The number of methoxy groups -OCH3 is 3. The van der Waals surface area contributed by atoms with E-state index in [4.69, 9.17) is 38.9 Å². The molecule has 164 valence electrons. The van der Waals surface area contributed by atoms with Crippen LogP contribution in [0.4, 0.5) is 0 Å². The van der Waals surface area contributed by atoms with Crippen LogP contribution in [0.15, 0.2) is 30.3 Å². The highest BCUT2D eigenvalue weighted by Crippen LogP contribution is 2.30. The van der Waals surface area contributed by atoms with E-state index in [0.717, 1.165) is 5.56 Å². The van der Waals surface area contributed by atoms with Crippen molar-refractivity contribution in [2.45, 2.75) is 43.5 Å². The molecule has 0 amide bonds. The van der Waals surface area contributed by atoms with Gasteiger partial charge in [-0.25, -0.2) is 0 Å². The quantitative estimate of drug-likeness (QED) is 0.394. The number of carbonyl (C=O) groups excluding carboxylic acids is 1. The van der Waals surface area contributed by atoms with E-state index in [2.05, 4.69) is 0 Å². The third kappa shape index (κ3) is 7.00. The van der Waals surface area contributed by atoms with Crippen LogP contribution >= 0.6 is 0 Å². The van der Waals surface area contributed by atoms with Crippen LogP contribution in [-0.4, -0.2) is 77.9 Å². The van der Waals surface area contributed by atoms with Crippen molar-refractivity contribution in [2.75, 3.05) is 41.5 Å². The standard InChI is InChI=1S/C20H31NO8/c1-23-12-27-18-15(9-17(22)25-3)29-16(10-21)19(28-13-24-2)20(18)26-11-14-7-5-4-6-8-14/h4-8,15-16,18-20H,9-13,21H2,1-3H3/t15-,16-,18+,19-,20-/m1/s1. The van der Waals surface area contributed by atoms with Gasteiger partial charge in [-0.2, -0.15) is 0 Å². The van der Waals surface area contributed by atoms with Gasteiger partial charge in [0.1, 0.15) is 31.9 Å². The molecule has 0 aliphatic carbocycles. The normalized spacial score (nSPS) is 27.0. The molecule has 0 saturated carbocycles. The second-order valence-corrected chi connectivity index (χ2v) is 6.57. The highest BCUT2D eigenvalue weighted by Gasteiger charge is 2.48. The monoisotopic (exact) mass is 413 g/mol. The topological polar surface area (TPSA) is 108 Å². The van der Waals surface area contributed by atoms with Crippen molar-refractivity contribution in [1.29, 1.82) is 0 Å². The van der Waals surface area contributed by atoms with Gasteiger partial charge in [0.05, 0.1) is 32.3 Å². The molecule has 0 radical (unpaired) electrons. The molecule has 1 aromatic carbocycles. The second-order valence-electron chi connectivity index (χ2n) is 6.57. The Balaban J connectivity index is 2.26. The fourth-order valence-corrected chi connectivity index (χ4v) is 3.24. The molecule has 0 aromatic heterocycles. The molecule has 1 aliphatic heterocycles. The second kappa shape index (κ2) is 12.9. The number of benzene rings is 1. The summed E-state index contributed by atoms with van der Waals surface area (Å²) in [4.78, 5) is 11.9. The lowest BCUT2D eigenvalue weighted by Gasteiger charge is -2.45. The van der Waals surface area contributed by atoms with E-state index < -0.39 is 36.5 Å². The van der Waals surface area contributed by atoms with E-state index in [9.17, 15) is 4.79 Å².